The van der Waals surface area contributed by atoms with E-state index in [0.29, 0.717) is 16.6 Å². The van der Waals surface area contributed by atoms with Crippen molar-refractivity contribution in [3.05, 3.63) is 29.7 Å². The Balaban J connectivity index is 2.49. The van der Waals surface area contributed by atoms with Crippen molar-refractivity contribution in [2.24, 2.45) is 12.8 Å². The standard InChI is InChI=1S/C11H12FN3O2/c1-15-10-6(3-2-4-7(10)12)9(14-15)5-8(13)11(16)17/h2-4,8H,5,13H2,1H3,(H,16,17). The van der Waals surface area contributed by atoms with Crippen LogP contribution in [0.15, 0.2) is 18.2 Å². The number of carbonyl (C=O) groups is 1. The molecule has 3 N–H and O–H groups in total. The fraction of sp³-hybridized carbons (Fsp3) is 0.273. The van der Waals surface area contributed by atoms with E-state index in [1.807, 2.05) is 0 Å². The van der Waals surface area contributed by atoms with Gasteiger partial charge in [-0.3, -0.25) is 9.48 Å². The minimum Gasteiger partial charge on any atom is -0.480 e. The van der Waals surface area contributed by atoms with Crippen LogP contribution in [0.25, 0.3) is 10.9 Å². The van der Waals surface area contributed by atoms with Crippen LogP contribution in [0.5, 0.6) is 0 Å². The van der Waals surface area contributed by atoms with Gasteiger partial charge in [0.05, 0.1) is 5.69 Å². The molecule has 0 fully saturated rings. The molecule has 6 heteroatoms. The minimum absolute atomic E-state index is 0.0795. The molecule has 0 aliphatic carbocycles. The Bertz CT molecular complexity index is 579. The molecular weight excluding hydrogens is 225 g/mol. The number of fused-ring (bicyclic) bond motifs is 1. The van der Waals surface area contributed by atoms with Crippen LogP contribution in [0.4, 0.5) is 4.39 Å². The van der Waals surface area contributed by atoms with E-state index in [-0.39, 0.29) is 12.2 Å². The predicted octanol–water partition coefficient (Wildman–Crippen LogP) is 0.667. The van der Waals surface area contributed by atoms with Crippen molar-refractivity contribution in [1.29, 1.82) is 0 Å². The molecule has 0 bridgehead atoms. The first-order valence-corrected chi connectivity index (χ1v) is 5.09. The lowest BCUT2D eigenvalue weighted by molar-refractivity contribution is -0.138. The lowest BCUT2D eigenvalue weighted by atomic mass is 10.1. The lowest BCUT2D eigenvalue weighted by Gasteiger charge is -2.03. The summed E-state index contributed by atoms with van der Waals surface area (Å²) in [6, 6.07) is 3.58. The number of halogens is 1. The monoisotopic (exact) mass is 237 g/mol. The van der Waals surface area contributed by atoms with Crippen molar-refractivity contribution >= 4 is 16.9 Å². The zero-order chi connectivity index (χ0) is 12.6. The maximum atomic E-state index is 13.5. The van der Waals surface area contributed by atoms with Gasteiger partial charge in [0, 0.05) is 18.9 Å². The van der Waals surface area contributed by atoms with Crippen molar-refractivity contribution < 1.29 is 14.3 Å². The summed E-state index contributed by atoms with van der Waals surface area (Å²) in [5.74, 6) is -1.48. The van der Waals surface area contributed by atoms with Crippen LogP contribution in [0.1, 0.15) is 5.69 Å². The Morgan fingerprint density at radius 1 is 1.65 bits per heavy atom. The summed E-state index contributed by atoms with van der Waals surface area (Å²) in [5, 5.41) is 13.5. The van der Waals surface area contributed by atoms with Crippen molar-refractivity contribution in [1.82, 2.24) is 9.78 Å². The molecule has 17 heavy (non-hydrogen) atoms. The predicted molar refractivity (Wildman–Crippen MR) is 60.0 cm³/mol. The second-order valence-corrected chi connectivity index (χ2v) is 3.86. The van der Waals surface area contributed by atoms with Gasteiger partial charge >= 0.3 is 5.97 Å². The molecule has 0 spiro atoms. The average molecular weight is 237 g/mol. The summed E-state index contributed by atoms with van der Waals surface area (Å²) in [6.07, 6.45) is 0.0795. The number of carboxylic acid groups (broad SMARTS) is 1. The highest BCUT2D eigenvalue weighted by Crippen LogP contribution is 2.21. The average Bonchev–Trinajstić information content (AvgIpc) is 2.57. The molecule has 2 rings (SSSR count). The van der Waals surface area contributed by atoms with Gasteiger partial charge in [-0.15, -0.1) is 0 Å². The second kappa shape index (κ2) is 4.14. The number of para-hydroxylation sites is 1. The van der Waals surface area contributed by atoms with Crippen molar-refractivity contribution in [3.63, 3.8) is 0 Å². The van der Waals surface area contributed by atoms with Gasteiger partial charge in [0.1, 0.15) is 17.4 Å². The molecule has 0 amide bonds. The van der Waals surface area contributed by atoms with Crippen LogP contribution in [-0.2, 0) is 18.3 Å². The van der Waals surface area contributed by atoms with Crippen LogP contribution in [0.2, 0.25) is 0 Å². The number of aryl methyl sites for hydroxylation is 1. The van der Waals surface area contributed by atoms with Crippen LogP contribution < -0.4 is 5.73 Å². The van der Waals surface area contributed by atoms with Gasteiger partial charge in [0.2, 0.25) is 0 Å². The molecule has 1 atom stereocenters. The van der Waals surface area contributed by atoms with Gasteiger partial charge in [-0.05, 0) is 6.07 Å². The molecule has 1 aromatic heterocycles. The van der Waals surface area contributed by atoms with Gasteiger partial charge < -0.3 is 10.8 Å². The van der Waals surface area contributed by atoms with E-state index < -0.39 is 12.0 Å². The molecule has 1 aromatic carbocycles. The highest BCUT2D eigenvalue weighted by molar-refractivity contribution is 5.83. The molecule has 0 radical (unpaired) electrons. The molecule has 90 valence electrons. The quantitative estimate of drug-likeness (QED) is 0.822. The third kappa shape index (κ3) is 1.99. The number of aliphatic carboxylic acids is 1. The van der Waals surface area contributed by atoms with Crippen LogP contribution in [0.3, 0.4) is 0 Å². The van der Waals surface area contributed by atoms with Crippen LogP contribution in [0, 0.1) is 5.82 Å². The van der Waals surface area contributed by atoms with Crippen LogP contribution in [-0.4, -0.2) is 26.9 Å². The van der Waals surface area contributed by atoms with E-state index in [0.717, 1.165) is 0 Å². The van der Waals surface area contributed by atoms with Gasteiger partial charge in [0.15, 0.2) is 0 Å². The topological polar surface area (TPSA) is 81.1 Å². The molecule has 5 nitrogen and oxygen atoms in total. The summed E-state index contributed by atoms with van der Waals surface area (Å²) < 4.78 is 14.9. The molecule has 0 aliphatic heterocycles. The highest BCUT2D eigenvalue weighted by atomic mass is 19.1. The number of hydrogen-bond acceptors (Lipinski definition) is 3. The molecular formula is C11H12FN3O2. The zero-order valence-corrected chi connectivity index (χ0v) is 9.22. The zero-order valence-electron chi connectivity index (χ0n) is 9.22. The van der Waals surface area contributed by atoms with Gasteiger partial charge in [-0.2, -0.15) is 5.10 Å². The minimum atomic E-state index is -1.10. The van der Waals surface area contributed by atoms with Gasteiger partial charge in [-0.25, -0.2) is 4.39 Å². The summed E-state index contributed by atoms with van der Waals surface area (Å²) in [5.41, 5.74) is 6.30. The maximum absolute atomic E-state index is 13.5. The molecule has 0 aliphatic rings. The fourth-order valence-electron chi connectivity index (χ4n) is 1.81. The molecule has 0 saturated heterocycles. The van der Waals surface area contributed by atoms with E-state index in [1.165, 1.54) is 10.7 Å². The van der Waals surface area contributed by atoms with E-state index in [2.05, 4.69) is 5.10 Å². The van der Waals surface area contributed by atoms with Crippen LogP contribution >= 0.6 is 0 Å². The first kappa shape index (κ1) is 11.5. The van der Waals surface area contributed by atoms with Gasteiger partial charge in [-0.1, -0.05) is 12.1 Å². The Hall–Kier alpha value is -1.95. The third-order valence-electron chi connectivity index (χ3n) is 2.62. The summed E-state index contributed by atoms with van der Waals surface area (Å²) in [6.45, 7) is 0. The summed E-state index contributed by atoms with van der Waals surface area (Å²) in [7, 11) is 1.61. The number of aromatic nitrogens is 2. The maximum Gasteiger partial charge on any atom is 0.320 e. The molecule has 1 heterocycles. The van der Waals surface area contributed by atoms with E-state index in [9.17, 15) is 9.18 Å². The molecule has 1 unspecified atom stereocenters. The van der Waals surface area contributed by atoms with E-state index >= 15 is 0 Å². The highest BCUT2D eigenvalue weighted by Gasteiger charge is 2.18. The number of carboxylic acids is 1. The smallest absolute Gasteiger partial charge is 0.320 e. The second-order valence-electron chi connectivity index (χ2n) is 3.86. The first-order valence-electron chi connectivity index (χ1n) is 5.09. The van der Waals surface area contributed by atoms with Crippen molar-refractivity contribution in [3.8, 4) is 0 Å². The summed E-state index contributed by atoms with van der Waals surface area (Å²) >= 11 is 0. The Morgan fingerprint density at radius 3 is 3.00 bits per heavy atom. The normalized spacial score (nSPS) is 12.9. The third-order valence-corrected chi connectivity index (χ3v) is 2.62. The number of rotatable bonds is 3. The Morgan fingerprint density at radius 2 is 2.35 bits per heavy atom. The Kier molecular flexibility index (Phi) is 2.81. The van der Waals surface area contributed by atoms with Gasteiger partial charge in [0.25, 0.3) is 0 Å². The van der Waals surface area contributed by atoms with Crippen molar-refractivity contribution in [2.45, 2.75) is 12.5 Å². The number of nitrogens with zero attached hydrogens (tertiary/aromatic N) is 2. The number of nitrogens with two attached hydrogens (primary N) is 1. The molecule has 0 saturated carbocycles. The molecule has 2 aromatic rings. The van der Waals surface area contributed by atoms with Crippen molar-refractivity contribution in [2.75, 3.05) is 0 Å². The Labute approximate surface area is 96.6 Å². The lowest BCUT2D eigenvalue weighted by Crippen LogP contribution is -2.32. The van der Waals surface area contributed by atoms with E-state index in [4.69, 9.17) is 10.8 Å². The first-order chi connectivity index (χ1) is 8.00. The summed E-state index contributed by atoms with van der Waals surface area (Å²) in [4.78, 5) is 10.7. The number of hydrogen-bond donors (Lipinski definition) is 2. The SMILES string of the molecule is Cn1nc(CC(N)C(=O)O)c2cccc(F)c21. The fourth-order valence-corrected chi connectivity index (χ4v) is 1.81. The number of benzene rings is 1. The largest absolute Gasteiger partial charge is 0.480 e. The van der Waals surface area contributed by atoms with E-state index in [1.54, 1.807) is 19.2 Å².